The summed E-state index contributed by atoms with van der Waals surface area (Å²) in [5, 5.41) is 3.24. The Morgan fingerprint density at radius 3 is 2.07 bits per heavy atom. The SMILES string of the molecule is CC(C)(C)OC(=O)CC(/C=C/S(=O)(=O)Oc1ccccc1)NC(=O)OC(C)(C)C. The van der Waals surface area contributed by atoms with E-state index in [9.17, 15) is 18.0 Å². The number of carbonyl (C=O) groups is 2. The maximum Gasteiger partial charge on any atom is 0.408 e. The van der Waals surface area contributed by atoms with E-state index in [2.05, 4.69) is 5.32 Å². The van der Waals surface area contributed by atoms with Gasteiger partial charge in [0.1, 0.15) is 17.0 Å². The van der Waals surface area contributed by atoms with Crippen molar-refractivity contribution < 1.29 is 31.7 Å². The lowest BCUT2D eigenvalue weighted by Crippen LogP contribution is -2.40. The average molecular weight is 428 g/mol. The number of carbonyl (C=O) groups excluding carboxylic acids is 2. The molecule has 8 nitrogen and oxygen atoms in total. The van der Waals surface area contributed by atoms with Gasteiger partial charge in [-0.1, -0.05) is 18.2 Å². The predicted octanol–water partition coefficient (Wildman–Crippen LogP) is 3.53. The molecule has 0 saturated heterocycles. The molecule has 1 atom stereocenters. The van der Waals surface area contributed by atoms with Crippen LogP contribution in [0.1, 0.15) is 48.0 Å². The van der Waals surface area contributed by atoms with Crippen LogP contribution in [0.15, 0.2) is 41.8 Å². The van der Waals surface area contributed by atoms with Crippen molar-refractivity contribution in [3.8, 4) is 5.75 Å². The molecular weight excluding hydrogens is 398 g/mol. The maximum absolute atomic E-state index is 12.2. The molecule has 0 aliphatic carbocycles. The number of benzene rings is 1. The van der Waals surface area contributed by atoms with Crippen LogP contribution < -0.4 is 9.50 Å². The van der Waals surface area contributed by atoms with E-state index in [0.29, 0.717) is 0 Å². The summed E-state index contributed by atoms with van der Waals surface area (Å²) < 4.78 is 39.7. The Morgan fingerprint density at radius 1 is 1.00 bits per heavy atom. The molecule has 0 bridgehead atoms. The van der Waals surface area contributed by atoms with Crippen LogP contribution in [0.4, 0.5) is 4.79 Å². The van der Waals surface area contributed by atoms with Crippen molar-refractivity contribution >= 4 is 22.2 Å². The van der Waals surface area contributed by atoms with Crippen LogP contribution in [0.3, 0.4) is 0 Å². The largest absolute Gasteiger partial charge is 0.460 e. The van der Waals surface area contributed by atoms with Crippen molar-refractivity contribution in [3.05, 3.63) is 41.8 Å². The van der Waals surface area contributed by atoms with Gasteiger partial charge in [-0.3, -0.25) is 4.79 Å². The Labute approximate surface area is 172 Å². The Balaban J connectivity index is 2.92. The first-order chi connectivity index (χ1) is 13.2. The minimum atomic E-state index is -4.10. The van der Waals surface area contributed by atoms with Gasteiger partial charge in [0.2, 0.25) is 0 Å². The molecule has 1 rings (SSSR count). The van der Waals surface area contributed by atoms with Gasteiger partial charge >= 0.3 is 22.2 Å². The first-order valence-corrected chi connectivity index (χ1v) is 10.5. The Bertz CT molecular complexity index is 789. The van der Waals surface area contributed by atoms with Crippen LogP contribution in [0.2, 0.25) is 0 Å². The highest BCUT2D eigenvalue weighted by Crippen LogP contribution is 2.14. The third-order valence-corrected chi connectivity index (χ3v) is 3.86. The Hall–Kier alpha value is -2.55. The fraction of sp³-hybridized carbons (Fsp3) is 0.500. The summed E-state index contributed by atoms with van der Waals surface area (Å²) in [5.74, 6) is -0.467. The minimum absolute atomic E-state index is 0.140. The van der Waals surface area contributed by atoms with Gasteiger partial charge in [-0.2, -0.15) is 8.42 Å². The van der Waals surface area contributed by atoms with E-state index in [1.165, 1.54) is 12.1 Å². The Kier molecular flexibility index (Phi) is 8.25. The molecule has 0 aliphatic rings. The van der Waals surface area contributed by atoms with Gasteiger partial charge in [-0.15, -0.1) is 0 Å². The fourth-order valence-electron chi connectivity index (χ4n) is 2.02. The monoisotopic (exact) mass is 427 g/mol. The number of hydrogen-bond donors (Lipinski definition) is 1. The number of esters is 1. The van der Waals surface area contributed by atoms with Crippen molar-refractivity contribution in [2.45, 2.75) is 65.2 Å². The van der Waals surface area contributed by atoms with Gasteiger partial charge < -0.3 is 19.0 Å². The van der Waals surface area contributed by atoms with Gasteiger partial charge in [-0.25, -0.2) is 4.79 Å². The number of hydrogen-bond acceptors (Lipinski definition) is 7. The smallest absolute Gasteiger partial charge is 0.408 e. The molecule has 0 radical (unpaired) electrons. The summed E-state index contributed by atoms with van der Waals surface area (Å²) >= 11 is 0. The molecule has 9 heteroatoms. The molecule has 0 aromatic heterocycles. The molecule has 0 spiro atoms. The first kappa shape index (κ1) is 24.5. The number of para-hydroxylation sites is 1. The van der Waals surface area contributed by atoms with Crippen molar-refractivity contribution in [3.63, 3.8) is 0 Å². The van der Waals surface area contributed by atoms with E-state index in [0.717, 1.165) is 11.5 Å². The normalized spacial score (nSPS) is 13.6. The van der Waals surface area contributed by atoms with E-state index in [4.69, 9.17) is 13.7 Å². The average Bonchev–Trinajstić information content (AvgIpc) is 2.49. The molecule has 1 aromatic rings. The minimum Gasteiger partial charge on any atom is -0.460 e. The van der Waals surface area contributed by atoms with Crippen LogP contribution in [0.5, 0.6) is 5.75 Å². The quantitative estimate of drug-likeness (QED) is 0.524. The van der Waals surface area contributed by atoms with Crippen LogP contribution in [0.25, 0.3) is 0 Å². The number of nitrogens with one attached hydrogen (secondary N) is 1. The van der Waals surface area contributed by atoms with Gasteiger partial charge in [-0.05, 0) is 59.8 Å². The summed E-state index contributed by atoms with van der Waals surface area (Å²) in [6.45, 7) is 10.2. The van der Waals surface area contributed by atoms with E-state index < -0.39 is 39.4 Å². The summed E-state index contributed by atoms with van der Waals surface area (Å²) in [4.78, 5) is 24.2. The summed E-state index contributed by atoms with van der Waals surface area (Å²) in [6, 6.07) is 6.98. The summed E-state index contributed by atoms with van der Waals surface area (Å²) in [6.07, 6.45) is 0.0667. The third-order valence-electron chi connectivity index (χ3n) is 2.94. The number of alkyl carbamates (subject to hydrolysis) is 1. The fourth-order valence-corrected chi connectivity index (χ4v) is 2.83. The van der Waals surface area contributed by atoms with Gasteiger partial charge in [0.05, 0.1) is 17.9 Å². The second-order valence-electron chi connectivity index (χ2n) is 8.26. The van der Waals surface area contributed by atoms with Gasteiger partial charge in [0.15, 0.2) is 0 Å². The molecule has 1 N–H and O–H groups in total. The molecule has 0 heterocycles. The lowest BCUT2D eigenvalue weighted by molar-refractivity contribution is -0.155. The lowest BCUT2D eigenvalue weighted by atomic mass is 10.1. The zero-order chi connectivity index (χ0) is 22.3. The zero-order valence-corrected chi connectivity index (χ0v) is 18.4. The highest BCUT2D eigenvalue weighted by Gasteiger charge is 2.23. The third kappa shape index (κ3) is 11.8. The summed E-state index contributed by atoms with van der Waals surface area (Å²) in [7, 11) is -4.10. The van der Waals surface area contributed by atoms with Crippen molar-refractivity contribution in [1.82, 2.24) is 5.32 Å². The van der Waals surface area contributed by atoms with Crippen LogP contribution in [0, 0.1) is 0 Å². The summed E-state index contributed by atoms with van der Waals surface area (Å²) in [5.41, 5.74) is -1.48. The second-order valence-corrected chi connectivity index (χ2v) is 9.69. The number of ether oxygens (including phenoxy) is 2. The topological polar surface area (TPSA) is 108 Å². The molecule has 1 unspecified atom stereocenters. The number of amides is 1. The first-order valence-electron chi connectivity index (χ1n) is 9.04. The molecule has 1 aromatic carbocycles. The van der Waals surface area contributed by atoms with Gasteiger partial charge in [0.25, 0.3) is 0 Å². The molecule has 1 amide bonds. The molecule has 0 saturated carbocycles. The van der Waals surface area contributed by atoms with E-state index in [1.807, 2.05) is 0 Å². The highest BCUT2D eigenvalue weighted by atomic mass is 32.2. The highest BCUT2D eigenvalue weighted by molar-refractivity contribution is 7.90. The Morgan fingerprint density at radius 2 is 1.55 bits per heavy atom. The molecular formula is C20H29NO7S. The van der Waals surface area contributed by atoms with Crippen LogP contribution in [-0.2, 0) is 24.4 Å². The molecule has 29 heavy (non-hydrogen) atoms. The van der Waals surface area contributed by atoms with Crippen molar-refractivity contribution in [1.29, 1.82) is 0 Å². The standard InChI is InChI=1S/C20H29NO7S/c1-19(2,3)26-17(22)14-15(21-18(23)27-20(4,5)6)12-13-29(24,25)28-16-10-8-7-9-11-16/h7-13,15H,14H2,1-6H3,(H,21,23)/b13-12+. The molecule has 0 fully saturated rings. The van der Waals surface area contributed by atoms with Crippen molar-refractivity contribution in [2.75, 3.05) is 0 Å². The molecule has 0 aliphatic heterocycles. The van der Waals surface area contributed by atoms with Crippen LogP contribution >= 0.6 is 0 Å². The van der Waals surface area contributed by atoms with Gasteiger partial charge in [0, 0.05) is 0 Å². The predicted molar refractivity (Wildman–Crippen MR) is 109 cm³/mol. The maximum atomic E-state index is 12.2. The van der Waals surface area contributed by atoms with E-state index in [-0.39, 0.29) is 12.2 Å². The lowest BCUT2D eigenvalue weighted by Gasteiger charge is -2.23. The second kappa shape index (κ2) is 9.78. The number of rotatable bonds is 7. The van der Waals surface area contributed by atoms with Crippen molar-refractivity contribution in [2.24, 2.45) is 0 Å². The van der Waals surface area contributed by atoms with E-state index in [1.54, 1.807) is 59.7 Å². The zero-order valence-electron chi connectivity index (χ0n) is 17.6. The van der Waals surface area contributed by atoms with E-state index >= 15 is 0 Å². The molecule has 162 valence electrons. The van der Waals surface area contributed by atoms with Crippen LogP contribution in [-0.4, -0.2) is 37.7 Å².